The third kappa shape index (κ3) is 22.0. The zero-order valence-corrected chi connectivity index (χ0v) is 20.3. The Kier molecular flexibility index (Phi) is 23.0. The Labute approximate surface area is 191 Å². The van der Waals surface area contributed by atoms with Crippen molar-refractivity contribution in [3.63, 3.8) is 0 Å². The summed E-state index contributed by atoms with van der Waals surface area (Å²) in [5.74, 6) is 1.04. The summed E-state index contributed by atoms with van der Waals surface area (Å²) < 4.78 is 0. The highest BCUT2D eigenvalue weighted by Crippen LogP contribution is 2.16. The van der Waals surface area contributed by atoms with Gasteiger partial charge in [0.15, 0.2) is 5.78 Å². The Bertz CT molecular complexity index is 452. The van der Waals surface area contributed by atoms with Crippen LogP contribution in [0.4, 0.5) is 0 Å². The summed E-state index contributed by atoms with van der Waals surface area (Å²) in [6, 6.07) is 0. The molecule has 0 saturated heterocycles. The first-order valence-electron chi connectivity index (χ1n) is 13.2. The van der Waals surface area contributed by atoms with Crippen molar-refractivity contribution in [3.05, 3.63) is 5.57 Å². The van der Waals surface area contributed by atoms with Crippen molar-refractivity contribution in [2.45, 2.75) is 154 Å². The summed E-state index contributed by atoms with van der Waals surface area (Å²) in [5.41, 5.74) is 0.348. The van der Waals surface area contributed by atoms with Crippen LogP contribution in [0.3, 0.4) is 0 Å². The molecule has 182 valence electrons. The van der Waals surface area contributed by atoms with E-state index in [1.807, 2.05) is 0 Å². The molecule has 0 heterocycles. The molecule has 0 aromatic carbocycles. The third-order valence-electron chi connectivity index (χ3n) is 6.15. The number of ketones is 1. The number of aliphatic hydroxyl groups is 2. The molecule has 0 rings (SSSR count). The Morgan fingerprint density at radius 1 is 0.613 bits per heavy atom. The first kappa shape index (κ1) is 30.0. The molecule has 0 aliphatic heterocycles. The van der Waals surface area contributed by atoms with Crippen LogP contribution in [-0.2, 0) is 9.59 Å². The highest BCUT2D eigenvalue weighted by molar-refractivity contribution is 5.85. The fraction of sp³-hybridized carbons (Fsp3) is 0.889. The molecule has 0 bridgehead atoms. The van der Waals surface area contributed by atoms with Gasteiger partial charge in [0.1, 0.15) is 5.94 Å². The summed E-state index contributed by atoms with van der Waals surface area (Å²) in [5, 5.41) is 17.5. The molecule has 4 heteroatoms. The number of carbonyl (C=O) groups is 1. The van der Waals surface area contributed by atoms with Crippen LogP contribution in [0.1, 0.15) is 148 Å². The molecular weight excluding hydrogens is 388 g/mol. The van der Waals surface area contributed by atoms with E-state index < -0.39 is 12.1 Å². The highest BCUT2D eigenvalue weighted by Gasteiger charge is 2.13. The molecule has 0 amide bonds. The number of rotatable bonds is 24. The van der Waals surface area contributed by atoms with Gasteiger partial charge in [-0.3, -0.25) is 4.79 Å². The maximum Gasteiger partial charge on any atom is 0.213 e. The first-order chi connectivity index (χ1) is 15.1. The smallest absolute Gasteiger partial charge is 0.213 e. The van der Waals surface area contributed by atoms with Crippen LogP contribution in [0.15, 0.2) is 5.57 Å². The monoisotopic (exact) mass is 438 g/mol. The molecule has 31 heavy (non-hydrogen) atoms. The van der Waals surface area contributed by atoms with Crippen molar-refractivity contribution in [2.24, 2.45) is 0 Å². The van der Waals surface area contributed by atoms with Crippen molar-refractivity contribution in [1.29, 1.82) is 0 Å². The normalized spacial score (nSPS) is 11.1. The van der Waals surface area contributed by atoms with E-state index in [4.69, 9.17) is 10.2 Å². The minimum Gasteiger partial charge on any atom is -0.362 e. The quantitative estimate of drug-likeness (QED) is 0.0947. The predicted molar refractivity (Wildman–Crippen MR) is 130 cm³/mol. The van der Waals surface area contributed by atoms with Gasteiger partial charge in [0, 0.05) is 12.0 Å². The van der Waals surface area contributed by atoms with E-state index in [0.717, 1.165) is 19.3 Å². The SMILES string of the molecule is CCCCCCCCCCCCCCCCCCCCCCC(=C=O)CC(=O)C(O)O. The standard InChI is InChI=1S/C27H50O4/c1-2-3-4-5-6-7-8-9-10-11-12-13-14-15-16-17-18-19-20-21-22-25(24-28)23-26(29)27(30)31/h27,30-31H,2-23H2,1H3. The second kappa shape index (κ2) is 23.7. The number of unbranched alkanes of at least 4 members (excludes halogenated alkanes) is 19. The van der Waals surface area contributed by atoms with Crippen molar-refractivity contribution in [2.75, 3.05) is 0 Å². The van der Waals surface area contributed by atoms with Crippen LogP contribution < -0.4 is 0 Å². The molecule has 0 spiro atoms. The Hall–Kier alpha value is -0.960. The van der Waals surface area contributed by atoms with Crippen molar-refractivity contribution in [1.82, 2.24) is 0 Å². The topological polar surface area (TPSA) is 74.6 Å². The summed E-state index contributed by atoms with van der Waals surface area (Å²) in [4.78, 5) is 22.0. The number of aliphatic hydroxyl groups excluding tert-OH is 1. The van der Waals surface area contributed by atoms with E-state index in [0.29, 0.717) is 12.0 Å². The van der Waals surface area contributed by atoms with Gasteiger partial charge in [-0.15, -0.1) is 0 Å². The van der Waals surface area contributed by atoms with Crippen LogP contribution in [0.25, 0.3) is 0 Å². The van der Waals surface area contributed by atoms with Crippen molar-refractivity contribution < 1.29 is 19.8 Å². The van der Waals surface area contributed by atoms with Gasteiger partial charge in [-0.2, -0.15) is 0 Å². The molecule has 0 unspecified atom stereocenters. The van der Waals surface area contributed by atoms with E-state index in [1.54, 1.807) is 5.94 Å². The van der Waals surface area contributed by atoms with E-state index in [1.165, 1.54) is 109 Å². The Balaban J connectivity index is 3.25. The molecule has 2 N–H and O–H groups in total. The van der Waals surface area contributed by atoms with Gasteiger partial charge in [0.2, 0.25) is 6.29 Å². The largest absolute Gasteiger partial charge is 0.362 e. The average Bonchev–Trinajstić information content (AvgIpc) is 2.76. The number of carbonyl (C=O) groups excluding carboxylic acids is 2. The first-order valence-corrected chi connectivity index (χ1v) is 13.2. The van der Waals surface area contributed by atoms with Crippen molar-refractivity contribution in [3.8, 4) is 0 Å². The lowest BCUT2D eigenvalue weighted by Gasteiger charge is -2.05. The van der Waals surface area contributed by atoms with Gasteiger partial charge in [-0.05, 0) is 12.8 Å². The van der Waals surface area contributed by atoms with Crippen LogP contribution in [0.5, 0.6) is 0 Å². The van der Waals surface area contributed by atoms with E-state index >= 15 is 0 Å². The lowest BCUT2D eigenvalue weighted by Crippen LogP contribution is -2.19. The number of hydrogen-bond donors (Lipinski definition) is 2. The van der Waals surface area contributed by atoms with Crippen LogP contribution in [0, 0.1) is 0 Å². The fourth-order valence-electron chi connectivity index (χ4n) is 4.07. The van der Waals surface area contributed by atoms with Crippen LogP contribution in [0.2, 0.25) is 0 Å². The van der Waals surface area contributed by atoms with Crippen LogP contribution in [-0.4, -0.2) is 28.2 Å². The maximum atomic E-state index is 11.2. The maximum absolute atomic E-state index is 11.2. The molecule has 0 aliphatic rings. The van der Waals surface area contributed by atoms with Gasteiger partial charge < -0.3 is 10.2 Å². The highest BCUT2D eigenvalue weighted by atomic mass is 16.5. The van der Waals surface area contributed by atoms with E-state index in [-0.39, 0.29) is 6.42 Å². The predicted octanol–water partition coefficient (Wildman–Crippen LogP) is 7.23. The van der Waals surface area contributed by atoms with E-state index in [9.17, 15) is 9.59 Å². The second-order valence-corrected chi connectivity index (χ2v) is 9.19. The summed E-state index contributed by atoms with van der Waals surface area (Å²) in [6.45, 7) is 2.28. The molecular formula is C27H50O4. The van der Waals surface area contributed by atoms with E-state index in [2.05, 4.69) is 6.92 Å². The van der Waals surface area contributed by atoms with Gasteiger partial charge in [0.25, 0.3) is 0 Å². The summed E-state index contributed by atoms with van der Waals surface area (Å²) in [6.07, 6.45) is 24.9. The molecule has 0 atom stereocenters. The van der Waals surface area contributed by atoms with Crippen molar-refractivity contribution >= 4 is 11.7 Å². The molecule has 0 aliphatic carbocycles. The molecule has 0 aromatic heterocycles. The lowest BCUT2D eigenvalue weighted by molar-refractivity contribution is -0.144. The molecule has 0 aromatic rings. The number of allylic oxidation sites excluding steroid dienone is 1. The molecule has 0 radical (unpaired) electrons. The van der Waals surface area contributed by atoms with Gasteiger partial charge in [-0.1, -0.05) is 129 Å². The Morgan fingerprint density at radius 2 is 0.935 bits per heavy atom. The minimum absolute atomic E-state index is 0.194. The number of hydrogen-bond acceptors (Lipinski definition) is 4. The molecule has 0 fully saturated rings. The molecule has 0 saturated carbocycles. The summed E-state index contributed by atoms with van der Waals surface area (Å²) in [7, 11) is 0. The fourth-order valence-corrected chi connectivity index (χ4v) is 4.07. The minimum atomic E-state index is -1.99. The lowest BCUT2D eigenvalue weighted by atomic mass is 10.0. The van der Waals surface area contributed by atoms with Gasteiger partial charge in [0.05, 0.1) is 0 Å². The zero-order valence-electron chi connectivity index (χ0n) is 20.3. The second-order valence-electron chi connectivity index (χ2n) is 9.19. The average molecular weight is 439 g/mol. The van der Waals surface area contributed by atoms with Gasteiger partial charge >= 0.3 is 0 Å². The third-order valence-corrected chi connectivity index (χ3v) is 6.15. The molecule has 4 nitrogen and oxygen atoms in total. The zero-order chi connectivity index (χ0) is 23.0. The summed E-state index contributed by atoms with van der Waals surface area (Å²) >= 11 is 0. The van der Waals surface area contributed by atoms with Gasteiger partial charge in [-0.25, -0.2) is 4.79 Å². The van der Waals surface area contributed by atoms with Crippen LogP contribution >= 0.6 is 0 Å². The Morgan fingerprint density at radius 3 is 1.23 bits per heavy atom. The number of Topliss-reactive ketones (excluding diaryl/α,β-unsaturated/α-hetero) is 1.